The Morgan fingerprint density at radius 2 is 2.00 bits per heavy atom. The lowest BCUT2D eigenvalue weighted by Gasteiger charge is -2.38. The molecule has 1 saturated heterocycles. The number of rotatable bonds is 5. The summed E-state index contributed by atoms with van der Waals surface area (Å²) < 4.78 is 7.57. The number of hydrogen-bond donors (Lipinski definition) is 2. The summed E-state index contributed by atoms with van der Waals surface area (Å²) in [6.45, 7) is 2.57. The number of fused-ring (bicyclic) bond motifs is 1. The van der Waals surface area contributed by atoms with Crippen LogP contribution < -0.4 is 10.6 Å². The maximum absolute atomic E-state index is 6.57. The molecule has 9 heteroatoms. The van der Waals surface area contributed by atoms with E-state index < -0.39 is 0 Å². The highest BCUT2D eigenvalue weighted by atomic mass is 35.5. The third kappa shape index (κ3) is 4.38. The number of ether oxygens (including phenoxy) is 1. The molecule has 30 heavy (non-hydrogen) atoms. The second-order valence-corrected chi connectivity index (χ2v) is 8.18. The van der Waals surface area contributed by atoms with Gasteiger partial charge in [-0.2, -0.15) is 0 Å². The minimum absolute atomic E-state index is 0.154. The van der Waals surface area contributed by atoms with Crippen LogP contribution in [0.4, 0.5) is 0 Å². The molecule has 1 aliphatic heterocycles. The van der Waals surface area contributed by atoms with Gasteiger partial charge in [0.05, 0.1) is 6.54 Å². The molecule has 1 aliphatic rings. The molecule has 2 N–H and O–H groups in total. The van der Waals surface area contributed by atoms with E-state index in [1.807, 2.05) is 40.9 Å². The highest BCUT2D eigenvalue weighted by molar-refractivity contribution is 6.35. The Labute approximate surface area is 185 Å². The van der Waals surface area contributed by atoms with Crippen molar-refractivity contribution in [2.24, 2.45) is 4.99 Å². The van der Waals surface area contributed by atoms with E-state index in [-0.39, 0.29) is 5.41 Å². The predicted molar refractivity (Wildman–Crippen MR) is 119 cm³/mol. The first-order valence-corrected chi connectivity index (χ1v) is 10.6. The normalized spacial score (nSPS) is 16.6. The van der Waals surface area contributed by atoms with Crippen molar-refractivity contribution in [3.63, 3.8) is 0 Å². The zero-order valence-corrected chi connectivity index (χ0v) is 18.2. The first-order valence-electron chi connectivity index (χ1n) is 9.88. The number of pyridine rings is 1. The topological polar surface area (TPSA) is 75.8 Å². The number of nitrogens with one attached hydrogen (secondary N) is 2. The molecule has 7 nitrogen and oxygen atoms in total. The van der Waals surface area contributed by atoms with Crippen LogP contribution in [0.15, 0.2) is 47.6 Å². The van der Waals surface area contributed by atoms with E-state index in [1.54, 1.807) is 13.1 Å². The molecule has 0 unspecified atom stereocenters. The summed E-state index contributed by atoms with van der Waals surface area (Å²) in [7, 11) is 1.75. The third-order valence-corrected chi connectivity index (χ3v) is 6.12. The Balaban J connectivity index is 1.47. The zero-order valence-electron chi connectivity index (χ0n) is 16.7. The van der Waals surface area contributed by atoms with Crippen LogP contribution in [0.1, 0.15) is 24.2 Å². The van der Waals surface area contributed by atoms with Gasteiger partial charge < -0.3 is 15.4 Å². The third-order valence-electron chi connectivity index (χ3n) is 5.57. The van der Waals surface area contributed by atoms with Crippen LogP contribution in [0.2, 0.25) is 10.0 Å². The maximum Gasteiger partial charge on any atom is 0.191 e. The van der Waals surface area contributed by atoms with Crippen LogP contribution in [-0.4, -0.2) is 47.4 Å². The molecular weight excluding hydrogens is 423 g/mol. The van der Waals surface area contributed by atoms with E-state index in [0.717, 1.165) is 29.9 Å². The molecule has 0 radical (unpaired) electrons. The Bertz CT molecular complexity index is 1040. The van der Waals surface area contributed by atoms with Gasteiger partial charge in [0.1, 0.15) is 0 Å². The standard InChI is InChI=1S/C21H24Cl2N6O/c1-24-20(25-13-19-28-27-18-4-2-3-9-29(18)19)26-14-21(7-10-30-11-8-21)16-6-5-15(22)12-17(16)23/h2-6,9,12H,7-8,10-11,13-14H2,1H3,(H2,24,25,26). The molecule has 0 saturated carbocycles. The van der Waals surface area contributed by atoms with Crippen molar-refractivity contribution in [3.05, 3.63) is 64.0 Å². The van der Waals surface area contributed by atoms with Crippen molar-refractivity contribution in [1.82, 2.24) is 25.2 Å². The Morgan fingerprint density at radius 1 is 1.17 bits per heavy atom. The SMILES string of the molecule is CN=C(NCc1nnc2ccccn12)NCC1(c2ccc(Cl)cc2Cl)CCOCC1. The molecule has 0 spiro atoms. The van der Waals surface area contributed by atoms with Gasteiger partial charge in [-0.25, -0.2) is 0 Å². The van der Waals surface area contributed by atoms with Gasteiger partial charge in [-0.15, -0.1) is 10.2 Å². The van der Waals surface area contributed by atoms with Crippen LogP contribution in [0.5, 0.6) is 0 Å². The lowest BCUT2D eigenvalue weighted by molar-refractivity contribution is 0.0514. The molecule has 0 bridgehead atoms. The predicted octanol–water partition coefficient (Wildman–Crippen LogP) is 3.45. The summed E-state index contributed by atoms with van der Waals surface area (Å²) in [5.41, 5.74) is 1.75. The molecule has 1 aromatic carbocycles. The monoisotopic (exact) mass is 446 g/mol. The Hall–Kier alpha value is -2.35. The second kappa shape index (κ2) is 9.20. The van der Waals surface area contributed by atoms with Crippen LogP contribution in [0.25, 0.3) is 5.65 Å². The fourth-order valence-corrected chi connectivity index (χ4v) is 4.48. The van der Waals surface area contributed by atoms with E-state index in [1.165, 1.54) is 0 Å². The smallest absolute Gasteiger partial charge is 0.191 e. The van der Waals surface area contributed by atoms with Gasteiger partial charge in [-0.3, -0.25) is 9.39 Å². The van der Waals surface area contributed by atoms with Crippen molar-refractivity contribution in [2.75, 3.05) is 26.8 Å². The van der Waals surface area contributed by atoms with Gasteiger partial charge in [-0.05, 0) is 42.7 Å². The fourth-order valence-electron chi connectivity index (χ4n) is 3.87. The highest BCUT2D eigenvalue weighted by Gasteiger charge is 2.36. The van der Waals surface area contributed by atoms with Crippen molar-refractivity contribution in [1.29, 1.82) is 0 Å². The molecule has 2 aromatic heterocycles. The number of benzene rings is 1. The quantitative estimate of drug-likeness (QED) is 0.463. The maximum atomic E-state index is 6.57. The van der Waals surface area contributed by atoms with E-state index in [4.69, 9.17) is 27.9 Å². The summed E-state index contributed by atoms with van der Waals surface area (Å²) in [5, 5.41) is 16.5. The number of halogens is 2. The van der Waals surface area contributed by atoms with Gasteiger partial charge in [-0.1, -0.05) is 35.3 Å². The van der Waals surface area contributed by atoms with Crippen LogP contribution in [0, 0.1) is 0 Å². The Morgan fingerprint density at radius 3 is 2.77 bits per heavy atom. The van der Waals surface area contributed by atoms with E-state index in [0.29, 0.717) is 42.3 Å². The van der Waals surface area contributed by atoms with E-state index in [2.05, 4.69) is 25.8 Å². The first kappa shape index (κ1) is 20.9. The molecule has 158 valence electrons. The van der Waals surface area contributed by atoms with Gasteiger partial charge in [0.2, 0.25) is 0 Å². The Kier molecular flexibility index (Phi) is 6.41. The van der Waals surface area contributed by atoms with Gasteiger partial charge in [0.15, 0.2) is 17.4 Å². The molecule has 0 amide bonds. The zero-order chi connectivity index (χ0) is 21.0. The molecule has 3 aromatic rings. The average Bonchev–Trinajstić information content (AvgIpc) is 3.18. The number of aromatic nitrogens is 3. The van der Waals surface area contributed by atoms with Crippen molar-refractivity contribution >= 4 is 34.8 Å². The molecule has 3 heterocycles. The van der Waals surface area contributed by atoms with Gasteiger partial charge in [0, 0.05) is 48.5 Å². The van der Waals surface area contributed by atoms with Crippen LogP contribution >= 0.6 is 23.2 Å². The summed E-state index contributed by atoms with van der Waals surface area (Å²) in [4.78, 5) is 4.36. The average molecular weight is 447 g/mol. The number of aliphatic imine (C=N–C) groups is 1. The lowest BCUT2D eigenvalue weighted by Crippen LogP contribution is -2.48. The fraction of sp³-hybridized carbons (Fsp3) is 0.381. The lowest BCUT2D eigenvalue weighted by atomic mass is 9.74. The second-order valence-electron chi connectivity index (χ2n) is 7.34. The number of hydrogen-bond acceptors (Lipinski definition) is 4. The van der Waals surface area contributed by atoms with E-state index in [9.17, 15) is 0 Å². The molecule has 0 atom stereocenters. The molecule has 4 rings (SSSR count). The van der Waals surface area contributed by atoms with Crippen LogP contribution in [-0.2, 0) is 16.7 Å². The summed E-state index contributed by atoms with van der Waals surface area (Å²) in [6, 6.07) is 11.5. The van der Waals surface area contributed by atoms with Gasteiger partial charge >= 0.3 is 0 Å². The molecule has 1 fully saturated rings. The van der Waals surface area contributed by atoms with Crippen molar-refractivity contribution < 1.29 is 4.74 Å². The number of guanidine groups is 1. The molecular formula is C21H24Cl2N6O. The minimum atomic E-state index is -0.154. The van der Waals surface area contributed by atoms with Gasteiger partial charge in [0.25, 0.3) is 0 Å². The molecule has 0 aliphatic carbocycles. The van der Waals surface area contributed by atoms with Crippen molar-refractivity contribution in [3.8, 4) is 0 Å². The van der Waals surface area contributed by atoms with Crippen LogP contribution in [0.3, 0.4) is 0 Å². The first-order chi connectivity index (χ1) is 14.6. The summed E-state index contributed by atoms with van der Waals surface area (Å²) >= 11 is 12.7. The van der Waals surface area contributed by atoms with Crippen molar-refractivity contribution in [2.45, 2.75) is 24.8 Å². The highest BCUT2D eigenvalue weighted by Crippen LogP contribution is 2.39. The summed E-state index contributed by atoms with van der Waals surface area (Å²) in [5.74, 6) is 1.51. The minimum Gasteiger partial charge on any atom is -0.381 e. The number of nitrogens with zero attached hydrogens (tertiary/aromatic N) is 4. The largest absolute Gasteiger partial charge is 0.381 e. The van der Waals surface area contributed by atoms with E-state index >= 15 is 0 Å². The summed E-state index contributed by atoms with van der Waals surface area (Å²) in [6.07, 6.45) is 3.68.